The molecule has 0 amide bonds. The molecule has 0 N–H and O–H groups in total. The standard InChI is InChI=1S/C36H48Cl2O2Si2/c1-7-9-11-13-23-39-33-21-15-27-25-29(41(3,4)37)17-19-31(27)35(33)36-32-20-18-30(42(5,6)38)26-28(32)16-22-34(36)40-24-14-12-10-8-2/h15-22,25-26H,7-14,23-24H2,1-6H3. The smallest absolute Gasteiger partial charge is 0.180 e. The number of benzene rings is 4. The van der Waals surface area contributed by atoms with E-state index >= 15 is 0 Å². The van der Waals surface area contributed by atoms with Crippen LogP contribution in [0, 0.1) is 0 Å². The first kappa shape index (κ1) is 32.9. The first-order chi connectivity index (χ1) is 20.0. The molecule has 2 nitrogen and oxygen atoms in total. The van der Waals surface area contributed by atoms with Gasteiger partial charge in [-0.2, -0.15) is 22.2 Å². The van der Waals surface area contributed by atoms with E-state index in [2.05, 4.69) is 101 Å². The van der Waals surface area contributed by atoms with Crippen LogP contribution in [0.3, 0.4) is 0 Å². The lowest BCUT2D eigenvalue weighted by atomic mass is 9.92. The van der Waals surface area contributed by atoms with Crippen LogP contribution in [0.25, 0.3) is 32.7 Å². The van der Waals surface area contributed by atoms with Crippen LogP contribution in [0.2, 0.25) is 26.2 Å². The molecule has 0 fully saturated rings. The van der Waals surface area contributed by atoms with Crippen LogP contribution in [-0.2, 0) is 0 Å². The van der Waals surface area contributed by atoms with Gasteiger partial charge in [-0.3, -0.25) is 0 Å². The average molecular weight is 640 g/mol. The summed E-state index contributed by atoms with van der Waals surface area (Å²) in [6.45, 7) is 14.6. The molecule has 42 heavy (non-hydrogen) atoms. The van der Waals surface area contributed by atoms with E-state index in [1.807, 2.05) is 0 Å². The Labute approximate surface area is 265 Å². The highest BCUT2D eigenvalue weighted by Gasteiger charge is 2.25. The second kappa shape index (κ2) is 14.7. The van der Waals surface area contributed by atoms with Gasteiger partial charge >= 0.3 is 0 Å². The molecule has 4 rings (SSSR count). The molecule has 0 unspecified atom stereocenters. The summed E-state index contributed by atoms with van der Waals surface area (Å²) in [7, 11) is -3.99. The Morgan fingerprint density at radius 1 is 0.524 bits per heavy atom. The lowest BCUT2D eigenvalue weighted by Crippen LogP contribution is -2.34. The predicted molar refractivity (Wildman–Crippen MR) is 192 cm³/mol. The molecule has 0 heterocycles. The van der Waals surface area contributed by atoms with E-state index in [-0.39, 0.29) is 0 Å². The van der Waals surface area contributed by atoms with Gasteiger partial charge in [-0.05, 0) is 56.9 Å². The summed E-state index contributed by atoms with van der Waals surface area (Å²) in [5.74, 6) is 1.82. The largest absolute Gasteiger partial charge is 0.493 e. The van der Waals surface area contributed by atoms with Crippen LogP contribution in [-0.4, -0.2) is 28.0 Å². The molecular weight excluding hydrogens is 591 g/mol. The Bertz CT molecular complexity index is 1380. The van der Waals surface area contributed by atoms with Gasteiger partial charge in [0.15, 0.2) is 14.8 Å². The first-order valence-corrected chi connectivity index (χ1v) is 23.8. The number of hydrogen-bond acceptors (Lipinski definition) is 2. The van der Waals surface area contributed by atoms with Crippen molar-refractivity contribution in [1.29, 1.82) is 0 Å². The van der Waals surface area contributed by atoms with Gasteiger partial charge in [-0.1, -0.05) is 127 Å². The van der Waals surface area contributed by atoms with Crippen LogP contribution in [0.5, 0.6) is 11.5 Å². The maximum absolute atomic E-state index is 6.89. The minimum atomic E-state index is -1.99. The number of rotatable bonds is 15. The first-order valence-electron chi connectivity index (χ1n) is 15.8. The molecule has 0 aromatic heterocycles. The highest BCUT2D eigenvalue weighted by molar-refractivity contribution is 7.26. The van der Waals surface area contributed by atoms with Crippen molar-refractivity contribution in [2.24, 2.45) is 0 Å². The van der Waals surface area contributed by atoms with E-state index in [0.29, 0.717) is 13.2 Å². The molecule has 0 spiro atoms. The Balaban J connectivity index is 1.93. The van der Waals surface area contributed by atoms with Crippen molar-refractivity contribution in [2.45, 2.75) is 91.4 Å². The van der Waals surface area contributed by atoms with Crippen molar-refractivity contribution in [1.82, 2.24) is 0 Å². The second-order valence-corrected chi connectivity index (χ2v) is 25.2. The van der Waals surface area contributed by atoms with Crippen molar-refractivity contribution in [3.8, 4) is 22.6 Å². The molecule has 0 atom stereocenters. The van der Waals surface area contributed by atoms with E-state index in [1.165, 1.54) is 70.4 Å². The summed E-state index contributed by atoms with van der Waals surface area (Å²) in [5, 5.41) is 7.16. The van der Waals surface area contributed by atoms with Crippen molar-refractivity contribution in [3.05, 3.63) is 60.7 Å². The Morgan fingerprint density at radius 2 is 0.929 bits per heavy atom. The zero-order chi connectivity index (χ0) is 30.3. The highest BCUT2D eigenvalue weighted by Crippen LogP contribution is 2.45. The van der Waals surface area contributed by atoms with E-state index in [4.69, 9.17) is 31.6 Å². The monoisotopic (exact) mass is 638 g/mol. The SMILES string of the molecule is CCCCCCOc1ccc2cc([Si](C)(C)Cl)ccc2c1-c1c(OCCCCCC)ccc2cc([Si](C)(C)Cl)ccc12. The van der Waals surface area contributed by atoms with Gasteiger partial charge in [0, 0.05) is 11.1 Å². The molecule has 4 aromatic rings. The van der Waals surface area contributed by atoms with E-state index in [1.54, 1.807) is 0 Å². The van der Waals surface area contributed by atoms with Gasteiger partial charge < -0.3 is 9.47 Å². The number of hydrogen-bond donors (Lipinski definition) is 0. The fraction of sp³-hybridized carbons (Fsp3) is 0.444. The minimum absolute atomic E-state index is 0.701. The third-order valence-electron chi connectivity index (χ3n) is 8.10. The van der Waals surface area contributed by atoms with E-state index < -0.39 is 14.8 Å². The van der Waals surface area contributed by atoms with E-state index in [9.17, 15) is 0 Å². The van der Waals surface area contributed by atoms with Gasteiger partial charge in [-0.25, -0.2) is 0 Å². The quantitative estimate of drug-likeness (QED) is 0.0732. The van der Waals surface area contributed by atoms with Crippen LogP contribution >= 0.6 is 22.2 Å². The zero-order valence-corrected chi connectivity index (χ0v) is 29.9. The molecule has 0 saturated heterocycles. The summed E-state index contributed by atoms with van der Waals surface area (Å²) >= 11 is 13.8. The van der Waals surface area contributed by atoms with Gasteiger partial charge in [0.05, 0.1) is 13.2 Å². The molecule has 0 radical (unpaired) electrons. The summed E-state index contributed by atoms with van der Waals surface area (Å²) in [6, 6.07) is 22.2. The highest BCUT2D eigenvalue weighted by atomic mass is 35.6. The van der Waals surface area contributed by atoms with Gasteiger partial charge in [0.1, 0.15) is 11.5 Å². The minimum Gasteiger partial charge on any atom is -0.493 e. The van der Waals surface area contributed by atoms with Gasteiger partial charge in [-0.15, -0.1) is 0 Å². The summed E-state index contributed by atoms with van der Waals surface area (Å²) in [6.07, 6.45) is 9.34. The number of fused-ring (bicyclic) bond motifs is 2. The molecule has 6 heteroatoms. The maximum atomic E-state index is 6.89. The van der Waals surface area contributed by atoms with Crippen molar-refractivity contribution < 1.29 is 9.47 Å². The normalized spacial score (nSPS) is 12.3. The van der Waals surface area contributed by atoms with E-state index in [0.717, 1.165) is 35.5 Å². The van der Waals surface area contributed by atoms with Crippen LogP contribution in [0.1, 0.15) is 65.2 Å². The molecule has 0 bridgehead atoms. The maximum Gasteiger partial charge on any atom is 0.180 e. The molecule has 4 aromatic carbocycles. The molecule has 0 aliphatic rings. The second-order valence-electron chi connectivity index (χ2n) is 12.5. The van der Waals surface area contributed by atoms with Crippen molar-refractivity contribution in [2.75, 3.05) is 13.2 Å². The third-order valence-corrected chi connectivity index (χ3v) is 12.8. The van der Waals surface area contributed by atoms with Crippen molar-refractivity contribution >= 4 is 68.8 Å². The third kappa shape index (κ3) is 8.13. The molecule has 226 valence electrons. The van der Waals surface area contributed by atoms with Crippen LogP contribution in [0.4, 0.5) is 0 Å². The summed E-state index contributed by atoms with van der Waals surface area (Å²) in [4.78, 5) is 0. The van der Waals surface area contributed by atoms with Crippen LogP contribution in [0.15, 0.2) is 60.7 Å². The Kier molecular flexibility index (Phi) is 11.5. The summed E-state index contributed by atoms with van der Waals surface area (Å²) in [5.41, 5.74) is 2.21. The topological polar surface area (TPSA) is 18.5 Å². The predicted octanol–water partition coefficient (Wildman–Crippen LogP) is 10.9. The Morgan fingerprint density at radius 3 is 1.29 bits per heavy atom. The molecule has 0 saturated carbocycles. The molecular formula is C36H48Cl2O2Si2. The van der Waals surface area contributed by atoms with Crippen LogP contribution < -0.4 is 19.8 Å². The van der Waals surface area contributed by atoms with Crippen molar-refractivity contribution in [3.63, 3.8) is 0 Å². The Hall–Kier alpha value is -1.99. The lowest BCUT2D eigenvalue weighted by Gasteiger charge is -2.22. The lowest BCUT2D eigenvalue weighted by molar-refractivity contribution is 0.302. The fourth-order valence-electron chi connectivity index (χ4n) is 5.54. The zero-order valence-electron chi connectivity index (χ0n) is 26.4. The van der Waals surface area contributed by atoms with Gasteiger partial charge in [0.25, 0.3) is 0 Å². The number of unbranched alkanes of at least 4 members (excludes halogenated alkanes) is 6. The number of ether oxygens (including phenoxy) is 2. The average Bonchev–Trinajstić information content (AvgIpc) is 2.95. The molecule has 0 aliphatic heterocycles. The fourth-order valence-corrected chi connectivity index (χ4v) is 8.20. The number of halogens is 2. The molecule has 0 aliphatic carbocycles. The summed E-state index contributed by atoms with van der Waals surface area (Å²) < 4.78 is 13.2. The van der Waals surface area contributed by atoms with Gasteiger partial charge in [0.2, 0.25) is 0 Å².